The van der Waals surface area contributed by atoms with E-state index in [2.05, 4.69) is 10.1 Å². The molecule has 0 bridgehead atoms. The van der Waals surface area contributed by atoms with Gasteiger partial charge in [-0.3, -0.25) is 4.79 Å². The number of aromatic nitrogens is 3. The lowest BCUT2D eigenvalue weighted by Crippen LogP contribution is -2.00. The molecule has 0 aliphatic heterocycles. The number of rotatable bonds is 3. The molecular weight excluding hydrogens is 182 g/mol. The van der Waals surface area contributed by atoms with Crippen molar-refractivity contribution in [1.29, 1.82) is 0 Å². The second-order valence-electron chi connectivity index (χ2n) is 2.99. The summed E-state index contributed by atoms with van der Waals surface area (Å²) < 4.78 is 1.64. The molecule has 2 rings (SSSR count). The van der Waals surface area contributed by atoms with Crippen molar-refractivity contribution in [2.45, 2.75) is 12.8 Å². The number of carboxylic acid groups (broad SMARTS) is 1. The molecule has 5 heteroatoms. The molecule has 0 fully saturated rings. The van der Waals surface area contributed by atoms with Gasteiger partial charge in [-0.05, 0) is 12.0 Å². The Kier molecular flexibility index (Phi) is 2.14. The van der Waals surface area contributed by atoms with Gasteiger partial charge in [0, 0.05) is 24.9 Å². The first kappa shape index (κ1) is 8.68. The Morgan fingerprint density at radius 3 is 3.21 bits per heavy atom. The van der Waals surface area contributed by atoms with Crippen LogP contribution in [0.25, 0.3) is 5.65 Å². The van der Waals surface area contributed by atoms with Gasteiger partial charge in [0.15, 0.2) is 5.65 Å². The van der Waals surface area contributed by atoms with Gasteiger partial charge >= 0.3 is 5.97 Å². The third kappa shape index (κ3) is 1.71. The van der Waals surface area contributed by atoms with Crippen LogP contribution in [0.4, 0.5) is 0 Å². The fourth-order valence-electron chi connectivity index (χ4n) is 1.23. The minimum atomic E-state index is -0.800. The molecule has 0 aromatic carbocycles. The molecule has 2 aromatic rings. The van der Waals surface area contributed by atoms with Crippen molar-refractivity contribution in [2.24, 2.45) is 0 Å². The number of carbonyl (C=O) groups is 1. The minimum Gasteiger partial charge on any atom is -0.481 e. The highest BCUT2D eigenvalue weighted by molar-refractivity contribution is 5.67. The Morgan fingerprint density at radius 1 is 1.57 bits per heavy atom. The predicted molar refractivity (Wildman–Crippen MR) is 48.9 cm³/mol. The lowest BCUT2D eigenvalue weighted by molar-refractivity contribution is -0.136. The van der Waals surface area contributed by atoms with E-state index in [4.69, 9.17) is 5.11 Å². The van der Waals surface area contributed by atoms with E-state index >= 15 is 0 Å². The molecule has 0 amide bonds. The number of hydrogen-bond acceptors (Lipinski definition) is 3. The van der Waals surface area contributed by atoms with Crippen molar-refractivity contribution in [1.82, 2.24) is 14.6 Å². The third-order valence-electron chi connectivity index (χ3n) is 1.93. The van der Waals surface area contributed by atoms with Gasteiger partial charge in [0.05, 0.1) is 6.20 Å². The monoisotopic (exact) mass is 191 g/mol. The van der Waals surface area contributed by atoms with E-state index in [1.165, 1.54) is 0 Å². The van der Waals surface area contributed by atoms with Crippen LogP contribution in [0.3, 0.4) is 0 Å². The van der Waals surface area contributed by atoms with E-state index in [0.29, 0.717) is 6.42 Å². The molecule has 0 atom stereocenters. The van der Waals surface area contributed by atoms with Crippen molar-refractivity contribution in [2.75, 3.05) is 0 Å². The standard InChI is InChI=1S/C9H9N3O2/c13-9(14)2-1-7-5-10-8-3-4-11-12(8)6-7/h3-6H,1-2H2,(H,13,14). The number of aliphatic carboxylic acids is 1. The zero-order valence-electron chi connectivity index (χ0n) is 7.42. The second-order valence-corrected chi connectivity index (χ2v) is 2.99. The average molecular weight is 191 g/mol. The summed E-state index contributed by atoms with van der Waals surface area (Å²) in [7, 11) is 0. The SMILES string of the molecule is O=C(O)CCc1cnc2ccnn2c1. The van der Waals surface area contributed by atoms with E-state index in [1.807, 2.05) is 0 Å². The van der Waals surface area contributed by atoms with Crippen molar-refractivity contribution < 1.29 is 9.90 Å². The molecule has 1 N–H and O–H groups in total. The van der Waals surface area contributed by atoms with Crippen LogP contribution in [0.2, 0.25) is 0 Å². The Labute approximate surface area is 80.0 Å². The molecule has 0 spiro atoms. The van der Waals surface area contributed by atoms with Crippen LogP contribution in [0.1, 0.15) is 12.0 Å². The maximum atomic E-state index is 10.3. The van der Waals surface area contributed by atoms with E-state index in [-0.39, 0.29) is 6.42 Å². The molecule has 0 aliphatic carbocycles. The lowest BCUT2D eigenvalue weighted by Gasteiger charge is -1.98. The van der Waals surface area contributed by atoms with Crippen LogP contribution in [0.15, 0.2) is 24.7 Å². The molecule has 0 radical (unpaired) electrons. The average Bonchev–Trinajstić information content (AvgIpc) is 2.61. The summed E-state index contributed by atoms with van der Waals surface area (Å²) in [6.45, 7) is 0. The first-order valence-electron chi connectivity index (χ1n) is 4.26. The molecule has 14 heavy (non-hydrogen) atoms. The second kappa shape index (κ2) is 3.45. The van der Waals surface area contributed by atoms with Crippen LogP contribution in [0, 0.1) is 0 Å². The van der Waals surface area contributed by atoms with Gasteiger partial charge in [0.2, 0.25) is 0 Å². The summed E-state index contributed by atoms with van der Waals surface area (Å²) in [5.41, 5.74) is 1.65. The number of fused-ring (bicyclic) bond motifs is 1. The third-order valence-corrected chi connectivity index (χ3v) is 1.93. The predicted octanol–water partition coefficient (Wildman–Crippen LogP) is 0.746. The van der Waals surface area contributed by atoms with Gasteiger partial charge in [-0.2, -0.15) is 5.10 Å². The van der Waals surface area contributed by atoms with Crippen molar-refractivity contribution >= 4 is 11.6 Å². The smallest absolute Gasteiger partial charge is 0.303 e. The Balaban J connectivity index is 2.21. The van der Waals surface area contributed by atoms with E-state index in [9.17, 15) is 4.79 Å². The summed E-state index contributed by atoms with van der Waals surface area (Å²) in [6.07, 6.45) is 5.74. The van der Waals surface area contributed by atoms with E-state index in [1.54, 1.807) is 29.2 Å². The van der Waals surface area contributed by atoms with Crippen LogP contribution >= 0.6 is 0 Å². The Morgan fingerprint density at radius 2 is 2.43 bits per heavy atom. The van der Waals surface area contributed by atoms with E-state index < -0.39 is 5.97 Å². The zero-order valence-corrected chi connectivity index (χ0v) is 7.42. The summed E-state index contributed by atoms with van der Waals surface area (Å²) in [4.78, 5) is 14.5. The molecule has 0 aliphatic rings. The van der Waals surface area contributed by atoms with Crippen LogP contribution in [-0.4, -0.2) is 25.7 Å². The van der Waals surface area contributed by atoms with Gasteiger partial charge in [-0.1, -0.05) is 0 Å². The van der Waals surface area contributed by atoms with Gasteiger partial charge in [0.1, 0.15) is 0 Å². The Hall–Kier alpha value is -1.91. The number of aryl methyl sites for hydroxylation is 1. The molecule has 0 saturated heterocycles. The minimum absolute atomic E-state index is 0.119. The first-order chi connectivity index (χ1) is 6.75. The number of carboxylic acids is 1. The summed E-state index contributed by atoms with van der Waals surface area (Å²) >= 11 is 0. The fraction of sp³-hybridized carbons (Fsp3) is 0.222. The van der Waals surface area contributed by atoms with Gasteiger partial charge in [-0.25, -0.2) is 9.50 Å². The Bertz CT molecular complexity index is 464. The fourth-order valence-corrected chi connectivity index (χ4v) is 1.23. The number of hydrogen-bond donors (Lipinski definition) is 1. The normalized spacial score (nSPS) is 10.6. The molecular formula is C9H9N3O2. The highest BCUT2D eigenvalue weighted by Crippen LogP contribution is 2.03. The summed E-state index contributed by atoms with van der Waals surface area (Å²) in [5, 5.41) is 12.5. The largest absolute Gasteiger partial charge is 0.481 e. The summed E-state index contributed by atoms with van der Waals surface area (Å²) in [6, 6.07) is 1.79. The van der Waals surface area contributed by atoms with Crippen molar-refractivity contribution in [3.63, 3.8) is 0 Å². The van der Waals surface area contributed by atoms with E-state index in [0.717, 1.165) is 11.2 Å². The molecule has 2 aromatic heterocycles. The van der Waals surface area contributed by atoms with Gasteiger partial charge in [0.25, 0.3) is 0 Å². The van der Waals surface area contributed by atoms with Crippen molar-refractivity contribution in [3.05, 3.63) is 30.2 Å². The molecule has 0 unspecified atom stereocenters. The van der Waals surface area contributed by atoms with Gasteiger partial charge < -0.3 is 5.11 Å². The topological polar surface area (TPSA) is 67.5 Å². The quantitative estimate of drug-likeness (QED) is 0.777. The van der Waals surface area contributed by atoms with Crippen molar-refractivity contribution in [3.8, 4) is 0 Å². The maximum Gasteiger partial charge on any atom is 0.303 e. The van der Waals surface area contributed by atoms with Crippen LogP contribution < -0.4 is 0 Å². The van der Waals surface area contributed by atoms with Crippen LogP contribution in [-0.2, 0) is 11.2 Å². The highest BCUT2D eigenvalue weighted by Gasteiger charge is 2.01. The molecule has 5 nitrogen and oxygen atoms in total. The maximum absolute atomic E-state index is 10.3. The molecule has 2 heterocycles. The lowest BCUT2D eigenvalue weighted by atomic mass is 10.2. The molecule has 72 valence electrons. The van der Waals surface area contributed by atoms with Crippen LogP contribution in [0.5, 0.6) is 0 Å². The first-order valence-corrected chi connectivity index (χ1v) is 4.26. The number of nitrogens with zero attached hydrogens (tertiary/aromatic N) is 3. The van der Waals surface area contributed by atoms with Gasteiger partial charge in [-0.15, -0.1) is 0 Å². The summed E-state index contributed by atoms with van der Waals surface area (Å²) in [5.74, 6) is -0.800. The molecule has 0 saturated carbocycles. The highest BCUT2D eigenvalue weighted by atomic mass is 16.4. The zero-order chi connectivity index (χ0) is 9.97.